The van der Waals surface area contributed by atoms with Crippen molar-refractivity contribution >= 4 is 33.2 Å². The molecular formula is C21H21BrFN6O+. The molecule has 2 N–H and O–H groups in total. The van der Waals surface area contributed by atoms with Crippen molar-refractivity contribution in [3.8, 4) is 5.69 Å². The topological polar surface area (TPSA) is 87.4 Å². The number of allylic oxidation sites excluding steroid dienone is 1. The number of rotatable bonds is 5. The van der Waals surface area contributed by atoms with Crippen molar-refractivity contribution in [3.05, 3.63) is 64.3 Å². The highest BCUT2D eigenvalue weighted by atomic mass is 79.9. The molecule has 1 aliphatic rings. The van der Waals surface area contributed by atoms with E-state index in [1.54, 1.807) is 37.4 Å². The van der Waals surface area contributed by atoms with Crippen molar-refractivity contribution in [1.82, 2.24) is 20.5 Å². The molecule has 30 heavy (non-hydrogen) atoms. The molecule has 4 rings (SSSR count). The second kappa shape index (κ2) is 8.83. The lowest BCUT2D eigenvalue weighted by molar-refractivity contribution is -0.668. The van der Waals surface area contributed by atoms with Crippen LogP contribution in [0, 0.1) is 18.7 Å². The molecule has 7 nitrogen and oxygen atoms in total. The summed E-state index contributed by atoms with van der Waals surface area (Å²) in [5, 5.41) is 13.0. The number of nitrogens with zero attached hydrogens (tertiary/aromatic N) is 4. The Kier molecular flexibility index (Phi) is 5.98. The van der Waals surface area contributed by atoms with Gasteiger partial charge in [0.15, 0.2) is 16.7 Å². The Labute approximate surface area is 181 Å². The summed E-state index contributed by atoms with van der Waals surface area (Å²) >= 11 is 3.33. The van der Waals surface area contributed by atoms with E-state index in [0.717, 1.165) is 30.2 Å². The van der Waals surface area contributed by atoms with Crippen molar-refractivity contribution < 1.29 is 13.9 Å². The van der Waals surface area contributed by atoms with Gasteiger partial charge in [-0.3, -0.25) is 4.79 Å². The van der Waals surface area contributed by atoms with Gasteiger partial charge >= 0.3 is 5.82 Å². The predicted molar refractivity (Wildman–Crippen MR) is 113 cm³/mol. The number of benzene rings is 1. The van der Waals surface area contributed by atoms with Crippen molar-refractivity contribution in [2.24, 2.45) is 5.92 Å². The molecule has 2 heterocycles. The summed E-state index contributed by atoms with van der Waals surface area (Å²) in [7, 11) is 0. The Hall–Kier alpha value is -2.94. The maximum atomic E-state index is 14.9. The Morgan fingerprint density at radius 2 is 2.10 bits per heavy atom. The maximum absolute atomic E-state index is 14.9. The van der Waals surface area contributed by atoms with Crippen molar-refractivity contribution in [2.45, 2.75) is 32.6 Å². The lowest BCUT2D eigenvalue weighted by Crippen LogP contribution is -2.37. The Balaban J connectivity index is 1.67. The first-order chi connectivity index (χ1) is 14.5. The van der Waals surface area contributed by atoms with Crippen molar-refractivity contribution in [2.75, 3.05) is 5.32 Å². The Morgan fingerprint density at radius 1 is 1.30 bits per heavy atom. The predicted octanol–water partition coefficient (Wildman–Crippen LogP) is 3.90. The van der Waals surface area contributed by atoms with Crippen LogP contribution in [0.1, 0.15) is 37.1 Å². The summed E-state index contributed by atoms with van der Waals surface area (Å²) < 4.78 is 17.2. The summed E-state index contributed by atoms with van der Waals surface area (Å²) in [4.78, 5) is 17.3. The van der Waals surface area contributed by atoms with Gasteiger partial charge in [0.2, 0.25) is 0 Å². The van der Waals surface area contributed by atoms with Crippen LogP contribution in [0.5, 0.6) is 0 Å². The molecule has 9 heteroatoms. The lowest BCUT2D eigenvalue weighted by Gasteiger charge is -2.12. The number of amides is 1. The molecule has 0 spiro atoms. The average molecular weight is 472 g/mol. The van der Waals surface area contributed by atoms with E-state index >= 15 is 0 Å². The molecule has 0 atom stereocenters. The first-order valence-electron chi connectivity index (χ1n) is 9.76. The van der Waals surface area contributed by atoms with E-state index in [-0.39, 0.29) is 11.6 Å². The van der Waals surface area contributed by atoms with Gasteiger partial charge in [0.25, 0.3) is 5.91 Å². The molecule has 1 fully saturated rings. The number of hydrogen-bond donors (Lipinski definition) is 2. The minimum atomic E-state index is -0.474. The van der Waals surface area contributed by atoms with Crippen LogP contribution in [0.2, 0.25) is 0 Å². The third kappa shape index (κ3) is 4.46. The fourth-order valence-corrected chi connectivity index (χ4v) is 3.87. The quantitative estimate of drug-likeness (QED) is 0.436. The average Bonchev–Trinajstić information content (AvgIpc) is 3.39. The van der Waals surface area contributed by atoms with E-state index in [0.29, 0.717) is 28.7 Å². The van der Waals surface area contributed by atoms with Crippen LogP contribution in [-0.2, 0) is 4.79 Å². The van der Waals surface area contributed by atoms with Crippen LogP contribution in [0.4, 0.5) is 10.2 Å². The van der Waals surface area contributed by atoms with Gasteiger partial charge in [0, 0.05) is 23.2 Å². The number of halogens is 2. The number of pyridine rings is 1. The van der Waals surface area contributed by atoms with E-state index in [9.17, 15) is 9.18 Å². The molecule has 0 radical (unpaired) electrons. The van der Waals surface area contributed by atoms with Gasteiger partial charge in [0.1, 0.15) is 10.9 Å². The maximum Gasteiger partial charge on any atom is 0.302 e. The first kappa shape index (κ1) is 20.3. The molecule has 0 saturated heterocycles. The van der Waals surface area contributed by atoms with Crippen LogP contribution < -0.4 is 10.00 Å². The summed E-state index contributed by atoms with van der Waals surface area (Å²) in [5.74, 6) is 0.490. The first-order valence-corrected chi connectivity index (χ1v) is 10.6. The van der Waals surface area contributed by atoms with Crippen LogP contribution in [0.25, 0.3) is 11.3 Å². The van der Waals surface area contributed by atoms with E-state index in [2.05, 4.69) is 41.8 Å². The minimum Gasteiger partial charge on any atom is -0.307 e. The van der Waals surface area contributed by atoms with Gasteiger partial charge < -0.3 is 5.32 Å². The number of anilines is 1. The molecule has 1 amide bonds. The molecule has 2 aromatic heterocycles. The molecule has 0 unspecified atom stereocenters. The number of aromatic amines is 1. The third-order valence-corrected chi connectivity index (χ3v) is 5.65. The number of nitrogens with one attached hydrogen (secondary N) is 2. The summed E-state index contributed by atoms with van der Waals surface area (Å²) in [6.07, 6.45) is 7.92. The zero-order valence-corrected chi connectivity index (χ0v) is 18.0. The molecule has 0 aliphatic heterocycles. The van der Waals surface area contributed by atoms with Gasteiger partial charge in [-0.1, -0.05) is 30.2 Å². The van der Waals surface area contributed by atoms with Crippen LogP contribution in [-0.4, -0.2) is 26.4 Å². The highest BCUT2D eigenvalue weighted by molar-refractivity contribution is 9.10. The molecular weight excluding hydrogens is 451 g/mol. The zero-order valence-electron chi connectivity index (χ0n) is 16.4. The highest BCUT2D eigenvalue weighted by Gasteiger charge is 2.22. The van der Waals surface area contributed by atoms with E-state index < -0.39 is 5.82 Å². The third-order valence-electron chi connectivity index (χ3n) is 5.18. The van der Waals surface area contributed by atoms with E-state index in [4.69, 9.17) is 0 Å². The zero-order chi connectivity index (χ0) is 21.1. The summed E-state index contributed by atoms with van der Waals surface area (Å²) in [5.41, 5.74) is 1.25. The highest BCUT2D eigenvalue weighted by Crippen LogP contribution is 2.30. The van der Waals surface area contributed by atoms with Crippen LogP contribution in [0.15, 0.2) is 47.1 Å². The van der Waals surface area contributed by atoms with Gasteiger partial charge in [0.05, 0.1) is 0 Å². The SMILES string of the molecule is Cc1nn[nH][n+]1-c1ccc(/C(=C\C2CCCC2)C(=O)Nc2ccc(Br)cn2)cc1F. The second-order valence-electron chi connectivity index (χ2n) is 7.29. The van der Waals surface area contributed by atoms with Gasteiger partial charge in [-0.25, -0.2) is 9.37 Å². The fraction of sp³-hybridized carbons (Fsp3) is 0.286. The minimum absolute atomic E-state index is 0.288. The largest absolute Gasteiger partial charge is 0.307 e. The number of tetrazole rings is 1. The molecule has 0 bridgehead atoms. The van der Waals surface area contributed by atoms with Gasteiger partial charge in [-0.05, 0) is 64.5 Å². The molecule has 1 aliphatic carbocycles. The van der Waals surface area contributed by atoms with Gasteiger partial charge in [-0.15, -0.1) is 4.68 Å². The molecule has 1 saturated carbocycles. The number of aromatic nitrogens is 5. The summed E-state index contributed by atoms with van der Waals surface area (Å²) in [6, 6.07) is 8.24. The van der Waals surface area contributed by atoms with E-state index in [1.807, 2.05) is 6.08 Å². The smallest absolute Gasteiger partial charge is 0.302 e. The number of hydrogen-bond acceptors (Lipinski definition) is 4. The number of H-pyrrole nitrogens is 1. The molecule has 1 aromatic carbocycles. The Morgan fingerprint density at radius 3 is 2.73 bits per heavy atom. The van der Waals surface area contributed by atoms with Crippen molar-refractivity contribution in [3.63, 3.8) is 0 Å². The number of carbonyl (C=O) groups excluding carboxylic acids is 1. The van der Waals surface area contributed by atoms with Crippen molar-refractivity contribution in [1.29, 1.82) is 0 Å². The normalized spacial score (nSPS) is 14.8. The standard InChI is InChI=1S/C21H20BrFN6O/c1-13-26-27-28-29(13)19-8-6-15(11-18(19)23)17(10-14-4-2-3-5-14)21(30)25-20-9-7-16(22)12-24-20/h6-12,14H,2-5H2,1H3,(H,24,25,30)/p+1/b17-10+. The van der Waals surface area contributed by atoms with Crippen LogP contribution >= 0.6 is 15.9 Å². The second-order valence-corrected chi connectivity index (χ2v) is 8.21. The van der Waals surface area contributed by atoms with Crippen LogP contribution in [0.3, 0.4) is 0 Å². The number of carbonyl (C=O) groups is 1. The molecule has 154 valence electrons. The fourth-order valence-electron chi connectivity index (χ4n) is 3.64. The Bertz CT molecular complexity index is 1090. The monoisotopic (exact) mass is 471 g/mol. The molecule has 3 aromatic rings. The summed E-state index contributed by atoms with van der Waals surface area (Å²) in [6.45, 7) is 1.72. The van der Waals surface area contributed by atoms with Gasteiger partial charge in [-0.2, -0.15) is 0 Å². The van der Waals surface area contributed by atoms with E-state index in [1.165, 1.54) is 10.7 Å². The number of aryl methyl sites for hydroxylation is 1. The lowest BCUT2D eigenvalue weighted by atomic mass is 9.97.